The predicted molar refractivity (Wildman–Crippen MR) is 86.8 cm³/mol. The number of nitrogens with zero attached hydrogens (tertiary/aromatic N) is 1. The second-order valence-corrected chi connectivity index (χ2v) is 5.26. The van der Waals surface area contributed by atoms with Crippen molar-refractivity contribution in [1.82, 2.24) is 5.27 Å². The number of nitrogens with one attached hydrogen (secondary N) is 2. The Balaban J connectivity index is 1.94. The van der Waals surface area contributed by atoms with Crippen molar-refractivity contribution >= 4 is 23.2 Å². The highest BCUT2D eigenvalue weighted by molar-refractivity contribution is 6.30. The van der Waals surface area contributed by atoms with E-state index in [0.717, 1.165) is 0 Å². The summed E-state index contributed by atoms with van der Waals surface area (Å²) in [6.45, 7) is 0. The second kappa shape index (κ2) is 6.59. The molecule has 0 bridgehead atoms. The van der Waals surface area contributed by atoms with Gasteiger partial charge in [0.2, 0.25) is 5.69 Å². The van der Waals surface area contributed by atoms with Gasteiger partial charge in [-0.3, -0.25) is 9.32 Å². The highest BCUT2D eigenvalue weighted by atomic mass is 35.5. The monoisotopic (exact) mass is 346 g/mol. The highest BCUT2D eigenvalue weighted by Gasteiger charge is 2.30. The lowest BCUT2D eigenvalue weighted by atomic mass is 10.3. The van der Waals surface area contributed by atoms with Gasteiger partial charge < -0.3 is 10.1 Å². The molecule has 0 aliphatic heterocycles. The predicted octanol–water partition coefficient (Wildman–Crippen LogP) is 2.16. The number of anilines is 1. The summed E-state index contributed by atoms with van der Waals surface area (Å²) in [5, 5.41) is 5.49. The second-order valence-electron chi connectivity index (χ2n) is 4.83. The molecule has 2 aromatic carbocycles. The molecule has 0 fully saturated rings. The fourth-order valence-corrected chi connectivity index (χ4v) is 2.33. The van der Waals surface area contributed by atoms with E-state index in [2.05, 4.69) is 10.6 Å². The fraction of sp³-hybridized carbons (Fsp3) is 0.0625. The minimum atomic E-state index is -0.787. The number of rotatable bonds is 4. The standard InChI is InChI=1S/C16H12ClN3O4/c1-23-13-7-5-12(6-8-13)20-14(16(22)24-19-20)15(21)18-11-4-2-3-10(17)9-11/h2-9H,1H3,(H-,18,19,21,22)/p+1. The van der Waals surface area contributed by atoms with Crippen LogP contribution in [-0.2, 0) is 0 Å². The lowest BCUT2D eigenvalue weighted by molar-refractivity contribution is -0.672. The summed E-state index contributed by atoms with van der Waals surface area (Å²) < 4.78 is 11.1. The van der Waals surface area contributed by atoms with Crippen molar-refractivity contribution < 1.29 is 18.7 Å². The van der Waals surface area contributed by atoms with E-state index in [1.807, 2.05) is 0 Å². The number of hydrogen-bond acceptors (Lipinski definition) is 4. The Hall–Kier alpha value is -3.06. The third kappa shape index (κ3) is 3.16. The third-order valence-electron chi connectivity index (χ3n) is 3.27. The number of aromatic nitrogens is 2. The molecule has 0 spiro atoms. The van der Waals surface area contributed by atoms with Gasteiger partial charge in [0.15, 0.2) is 0 Å². The molecule has 0 aliphatic rings. The van der Waals surface area contributed by atoms with Gasteiger partial charge in [-0.1, -0.05) is 17.7 Å². The van der Waals surface area contributed by atoms with E-state index in [1.54, 1.807) is 55.6 Å². The van der Waals surface area contributed by atoms with Gasteiger partial charge in [0, 0.05) is 22.8 Å². The van der Waals surface area contributed by atoms with Crippen LogP contribution in [0, 0.1) is 0 Å². The largest absolute Gasteiger partial charge is 0.497 e. The van der Waals surface area contributed by atoms with Crippen LogP contribution in [0.2, 0.25) is 5.02 Å². The van der Waals surface area contributed by atoms with E-state index in [0.29, 0.717) is 22.1 Å². The van der Waals surface area contributed by atoms with E-state index in [4.69, 9.17) is 20.9 Å². The zero-order valence-electron chi connectivity index (χ0n) is 12.6. The number of halogens is 1. The summed E-state index contributed by atoms with van der Waals surface area (Å²) >= 11 is 5.89. The molecule has 0 unspecified atom stereocenters. The van der Waals surface area contributed by atoms with Crippen LogP contribution in [0.1, 0.15) is 10.5 Å². The van der Waals surface area contributed by atoms with E-state index >= 15 is 0 Å². The summed E-state index contributed by atoms with van der Waals surface area (Å²) in [6.07, 6.45) is 0. The molecule has 0 saturated carbocycles. The smallest absolute Gasteiger partial charge is 0.441 e. The normalized spacial score (nSPS) is 10.4. The molecule has 1 amide bonds. The molecule has 1 heterocycles. The highest BCUT2D eigenvalue weighted by Crippen LogP contribution is 2.15. The molecule has 24 heavy (non-hydrogen) atoms. The summed E-state index contributed by atoms with van der Waals surface area (Å²) in [7, 11) is 1.55. The van der Waals surface area contributed by atoms with Crippen molar-refractivity contribution in [2.24, 2.45) is 0 Å². The van der Waals surface area contributed by atoms with Crippen LogP contribution in [0.4, 0.5) is 5.69 Å². The van der Waals surface area contributed by atoms with E-state index < -0.39 is 11.5 Å². The van der Waals surface area contributed by atoms with Gasteiger partial charge in [-0.05, 0) is 40.3 Å². The summed E-state index contributed by atoms with van der Waals surface area (Å²) in [6, 6.07) is 13.4. The van der Waals surface area contributed by atoms with Gasteiger partial charge in [0.25, 0.3) is 0 Å². The zero-order valence-corrected chi connectivity index (χ0v) is 13.3. The Morgan fingerprint density at radius 3 is 2.67 bits per heavy atom. The molecule has 3 aromatic rings. The molecule has 1 aromatic heterocycles. The number of hydrogen-bond donors (Lipinski definition) is 2. The lowest BCUT2D eigenvalue weighted by Gasteiger charge is -2.02. The SMILES string of the molecule is COc1ccc(-[n+]2[nH]oc(=O)c2C(=O)Nc2cccc(Cl)c2)cc1. The summed E-state index contributed by atoms with van der Waals surface area (Å²) in [5.41, 5.74) is 0.0257. The number of carbonyl (C=O) groups excluding carboxylic acids is 1. The van der Waals surface area contributed by atoms with Gasteiger partial charge in [-0.15, -0.1) is 0 Å². The first kappa shape index (κ1) is 15.8. The molecule has 122 valence electrons. The first-order chi connectivity index (χ1) is 11.6. The summed E-state index contributed by atoms with van der Waals surface area (Å²) in [5.74, 6) is 0.0261. The molecule has 3 rings (SSSR count). The first-order valence-corrected chi connectivity index (χ1v) is 7.31. The van der Waals surface area contributed by atoms with Crippen LogP contribution in [0.3, 0.4) is 0 Å². The van der Waals surface area contributed by atoms with E-state index in [9.17, 15) is 9.59 Å². The molecular weight excluding hydrogens is 334 g/mol. The van der Waals surface area contributed by atoms with Crippen molar-refractivity contribution in [2.45, 2.75) is 0 Å². The van der Waals surface area contributed by atoms with Gasteiger partial charge in [0.1, 0.15) is 5.75 Å². The molecule has 0 aliphatic carbocycles. The average molecular weight is 347 g/mol. The molecule has 0 saturated heterocycles. The maximum Gasteiger partial charge on any atom is 0.441 e. The Morgan fingerprint density at radius 2 is 2.00 bits per heavy atom. The summed E-state index contributed by atoms with van der Waals surface area (Å²) in [4.78, 5) is 24.3. The molecule has 8 heteroatoms. The number of H-pyrrole nitrogens is 1. The quantitative estimate of drug-likeness (QED) is 0.708. The van der Waals surface area contributed by atoms with Crippen molar-refractivity contribution in [3.63, 3.8) is 0 Å². The van der Waals surface area contributed by atoms with Crippen molar-refractivity contribution in [3.05, 3.63) is 69.7 Å². The van der Waals surface area contributed by atoms with Gasteiger partial charge in [-0.2, -0.15) is 0 Å². The van der Waals surface area contributed by atoms with Crippen LogP contribution in [0.25, 0.3) is 5.69 Å². The molecule has 7 nitrogen and oxygen atoms in total. The van der Waals surface area contributed by atoms with Gasteiger partial charge in [-0.25, -0.2) is 4.79 Å². The lowest BCUT2D eigenvalue weighted by Crippen LogP contribution is -2.42. The molecule has 0 atom stereocenters. The zero-order chi connectivity index (χ0) is 17.1. The van der Waals surface area contributed by atoms with Crippen LogP contribution in [0.5, 0.6) is 5.75 Å². The first-order valence-electron chi connectivity index (χ1n) is 6.93. The van der Waals surface area contributed by atoms with Crippen molar-refractivity contribution in [1.29, 1.82) is 0 Å². The molecule has 2 N–H and O–H groups in total. The van der Waals surface area contributed by atoms with Gasteiger partial charge >= 0.3 is 17.2 Å². The number of ether oxygens (including phenoxy) is 1. The van der Waals surface area contributed by atoms with Crippen LogP contribution in [0.15, 0.2) is 57.8 Å². The van der Waals surface area contributed by atoms with Crippen molar-refractivity contribution in [3.8, 4) is 11.4 Å². The maximum absolute atomic E-state index is 12.4. The number of amides is 1. The number of carbonyl (C=O) groups is 1. The van der Waals surface area contributed by atoms with Crippen LogP contribution >= 0.6 is 11.6 Å². The fourth-order valence-electron chi connectivity index (χ4n) is 2.14. The minimum Gasteiger partial charge on any atom is -0.497 e. The Labute approximate surface area is 141 Å². The maximum atomic E-state index is 12.4. The average Bonchev–Trinajstić information content (AvgIpc) is 2.96. The van der Waals surface area contributed by atoms with Crippen molar-refractivity contribution in [2.75, 3.05) is 12.4 Å². The third-order valence-corrected chi connectivity index (χ3v) is 3.51. The van der Waals surface area contributed by atoms with Crippen LogP contribution < -0.4 is 20.4 Å². The number of methoxy groups -OCH3 is 1. The number of aromatic amines is 1. The van der Waals surface area contributed by atoms with Crippen LogP contribution in [-0.4, -0.2) is 18.3 Å². The Kier molecular flexibility index (Phi) is 4.35. The minimum absolute atomic E-state index is 0.194. The van der Waals surface area contributed by atoms with Gasteiger partial charge in [0.05, 0.1) is 7.11 Å². The van der Waals surface area contributed by atoms with E-state index in [-0.39, 0.29) is 5.69 Å². The van der Waals surface area contributed by atoms with E-state index in [1.165, 1.54) is 4.68 Å². The Bertz CT molecular complexity index is 931. The Morgan fingerprint density at radius 1 is 1.25 bits per heavy atom. The molecule has 0 radical (unpaired) electrons. The number of benzene rings is 2. The topological polar surface area (TPSA) is 88.2 Å². The molecular formula is C16H13ClN3O4+.